The maximum Gasteiger partial charge on any atom is 0.416 e. The Morgan fingerprint density at radius 1 is 1.16 bits per heavy atom. The van der Waals surface area contributed by atoms with Crippen molar-refractivity contribution in [3.63, 3.8) is 0 Å². The van der Waals surface area contributed by atoms with Gasteiger partial charge in [0.05, 0.1) is 21.3 Å². The number of nitriles is 1. The molecule has 0 aliphatic rings. The molecule has 0 bridgehead atoms. The van der Waals surface area contributed by atoms with E-state index >= 15 is 0 Å². The lowest BCUT2D eigenvalue weighted by atomic mass is 10.1. The number of halogens is 5. The molecule has 0 unspecified atom stereocenters. The van der Waals surface area contributed by atoms with Gasteiger partial charge in [0.1, 0.15) is 11.8 Å². The fourth-order valence-electron chi connectivity index (χ4n) is 1.83. The van der Waals surface area contributed by atoms with Gasteiger partial charge >= 0.3 is 6.18 Å². The summed E-state index contributed by atoms with van der Waals surface area (Å²) in [4.78, 5) is 0. The first kappa shape index (κ1) is 19.0. The van der Waals surface area contributed by atoms with E-state index in [9.17, 15) is 18.4 Å². The SMILES string of the molecule is N#C/C(=N\Nc1c(Cl)cc(C(F)(F)F)cc1Cl)c1ccc([NH2+][O-])cc1. The molecule has 10 heteroatoms. The van der Waals surface area contributed by atoms with Crippen molar-refractivity contribution in [1.29, 1.82) is 5.26 Å². The molecule has 0 atom stereocenters. The first-order chi connectivity index (χ1) is 11.8. The van der Waals surface area contributed by atoms with E-state index in [2.05, 4.69) is 10.5 Å². The van der Waals surface area contributed by atoms with Crippen LogP contribution in [0.25, 0.3) is 0 Å². The average molecular weight is 389 g/mol. The van der Waals surface area contributed by atoms with Crippen molar-refractivity contribution >= 4 is 40.3 Å². The fraction of sp³-hybridized carbons (Fsp3) is 0.0667. The molecule has 2 aromatic carbocycles. The summed E-state index contributed by atoms with van der Waals surface area (Å²) >= 11 is 11.6. The lowest BCUT2D eigenvalue weighted by Gasteiger charge is -2.12. The fourth-order valence-corrected chi connectivity index (χ4v) is 2.40. The Morgan fingerprint density at radius 2 is 1.72 bits per heavy atom. The molecule has 0 saturated carbocycles. The summed E-state index contributed by atoms with van der Waals surface area (Å²) in [6, 6.07) is 9.24. The number of hydrazone groups is 1. The third-order valence-electron chi connectivity index (χ3n) is 3.08. The molecule has 2 rings (SSSR count). The number of alkyl halides is 3. The highest BCUT2D eigenvalue weighted by molar-refractivity contribution is 6.39. The molecular formula is C15H9Cl2F3N4O. The normalized spacial score (nSPS) is 12.0. The second-order valence-corrected chi connectivity index (χ2v) is 5.55. The molecule has 0 aliphatic carbocycles. The number of nitrogens with two attached hydrogens (primary N) is 1. The van der Waals surface area contributed by atoms with Gasteiger partial charge in [-0.15, -0.1) is 0 Å². The van der Waals surface area contributed by atoms with E-state index < -0.39 is 11.7 Å². The molecule has 3 N–H and O–H groups in total. The minimum atomic E-state index is -4.59. The van der Waals surface area contributed by atoms with Gasteiger partial charge in [0.15, 0.2) is 5.71 Å². The summed E-state index contributed by atoms with van der Waals surface area (Å²) in [5.41, 5.74) is 2.75. The van der Waals surface area contributed by atoms with E-state index in [0.717, 1.165) is 0 Å². The second kappa shape index (κ2) is 7.72. The number of nitrogens with one attached hydrogen (secondary N) is 1. The van der Waals surface area contributed by atoms with E-state index in [1.165, 1.54) is 24.3 Å². The number of rotatable bonds is 4. The smallest absolute Gasteiger partial charge is 0.416 e. The highest BCUT2D eigenvalue weighted by Crippen LogP contribution is 2.38. The van der Waals surface area contributed by atoms with Crippen LogP contribution in [-0.4, -0.2) is 5.71 Å². The Balaban J connectivity index is 2.31. The van der Waals surface area contributed by atoms with Crippen LogP contribution in [0.1, 0.15) is 11.1 Å². The van der Waals surface area contributed by atoms with Crippen molar-refractivity contribution in [2.45, 2.75) is 6.18 Å². The molecule has 0 amide bonds. The molecule has 2 aromatic rings. The lowest BCUT2D eigenvalue weighted by molar-refractivity contribution is -0.497. The minimum Gasteiger partial charge on any atom is -0.630 e. The molecular weight excluding hydrogens is 380 g/mol. The molecule has 0 radical (unpaired) electrons. The third kappa shape index (κ3) is 4.61. The highest BCUT2D eigenvalue weighted by atomic mass is 35.5. The van der Waals surface area contributed by atoms with E-state index in [1.807, 2.05) is 6.07 Å². The predicted molar refractivity (Wildman–Crippen MR) is 88.6 cm³/mol. The summed E-state index contributed by atoms with van der Waals surface area (Å²) in [5.74, 6) is 0. The standard InChI is InChI=1S/C15H9Cl2F3N4O/c16-11-5-9(15(18,19)20)6-12(17)14(11)23-22-13(7-21)8-1-3-10(24-25)4-2-8/h1-6,23H,24H2/b22-13+. The summed E-state index contributed by atoms with van der Waals surface area (Å²) in [5, 5.41) is 23.0. The first-order valence-corrected chi connectivity index (χ1v) is 7.37. The number of benzene rings is 2. The van der Waals surface area contributed by atoms with Crippen LogP contribution in [0, 0.1) is 16.5 Å². The van der Waals surface area contributed by atoms with E-state index in [0.29, 0.717) is 28.9 Å². The summed E-state index contributed by atoms with van der Waals surface area (Å²) < 4.78 is 38.1. The van der Waals surface area contributed by atoms with Crippen LogP contribution in [0.15, 0.2) is 41.5 Å². The molecule has 0 fully saturated rings. The van der Waals surface area contributed by atoms with Crippen LogP contribution in [-0.2, 0) is 6.18 Å². The molecule has 25 heavy (non-hydrogen) atoms. The lowest BCUT2D eigenvalue weighted by Crippen LogP contribution is -2.70. The maximum absolute atomic E-state index is 12.7. The number of hydrogen-bond donors (Lipinski definition) is 2. The van der Waals surface area contributed by atoms with Crippen LogP contribution >= 0.6 is 23.2 Å². The second-order valence-electron chi connectivity index (χ2n) is 4.74. The van der Waals surface area contributed by atoms with Crippen LogP contribution < -0.4 is 10.9 Å². The Kier molecular flexibility index (Phi) is 5.87. The predicted octanol–water partition coefficient (Wildman–Crippen LogP) is 4.04. The highest BCUT2D eigenvalue weighted by Gasteiger charge is 2.32. The van der Waals surface area contributed by atoms with Gasteiger partial charge in [-0.25, -0.2) is 0 Å². The molecule has 0 spiro atoms. The Labute approximate surface area is 150 Å². The zero-order valence-corrected chi connectivity index (χ0v) is 13.7. The number of quaternary nitrogens is 1. The van der Waals surface area contributed by atoms with Crippen molar-refractivity contribution < 1.29 is 18.7 Å². The molecule has 130 valence electrons. The molecule has 5 nitrogen and oxygen atoms in total. The van der Waals surface area contributed by atoms with Gasteiger partial charge in [-0.1, -0.05) is 23.2 Å². The number of hydrogen-bond acceptors (Lipinski definition) is 4. The zero-order chi connectivity index (χ0) is 18.6. The van der Waals surface area contributed by atoms with Crippen LogP contribution in [0.4, 0.5) is 24.5 Å². The maximum atomic E-state index is 12.7. The van der Waals surface area contributed by atoms with Gasteiger partial charge in [0.25, 0.3) is 0 Å². The summed E-state index contributed by atoms with van der Waals surface area (Å²) in [6.07, 6.45) is -4.59. The summed E-state index contributed by atoms with van der Waals surface area (Å²) in [6.45, 7) is 0. The molecule has 0 heterocycles. The van der Waals surface area contributed by atoms with E-state index in [1.54, 1.807) is 0 Å². The molecule has 0 aromatic heterocycles. The topological polar surface area (TPSA) is 87.8 Å². The first-order valence-electron chi connectivity index (χ1n) is 6.62. The van der Waals surface area contributed by atoms with Crippen molar-refractivity contribution in [3.05, 3.63) is 62.8 Å². The number of anilines is 1. The van der Waals surface area contributed by atoms with Gasteiger partial charge in [-0.05, 0) is 36.4 Å². The van der Waals surface area contributed by atoms with Gasteiger partial charge < -0.3 is 10.7 Å². The van der Waals surface area contributed by atoms with Gasteiger partial charge in [0, 0.05) is 5.56 Å². The largest absolute Gasteiger partial charge is 0.630 e. The van der Waals surface area contributed by atoms with Crippen molar-refractivity contribution in [1.82, 2.24) is 0 Å². The zero-order valence-electron chi connectivity index (χ0n) is 12.2. The monoisotopic (exact) mass is 388 g/mol. The summed E-state index contributed by atoms with van der Waals surface area (Å²) in [7, 11) is 0. The Bertz CT molecular complexity index is 822. The van der Waals surface area contributed by atoms with Crippen molar-refractivity contribution in [2.24, 2.45) is 5.10 Å². The number of nitrogens with zero attached hydrogens (tertiary/aromatic N) is 2. The Hall–Kier alpha value is -2.31. The minimum absolute atomic E-state index is 0.0615. The van der Waals surface area contributed by atoms with Gasteiger partial charge in [-0.2, -0.15) is 23.5 Å². The van der Waals surface area contributed by atoms with Crippen LogP contribution in [0.3, 0.4) is 0 Å². The van der Waals surface area contributed by atoms with Crippen LogP contribution in [0.5, 0.6) is 0 Å². The van der Waals surface area contributed by atoms with Crippen molar-refractivity contribution in [3.8, 4) is 6.07 Å². The molecule has 0 aliphatic heterocycles. The average Bonchev–Trinajstić information content (AvgIpc) is 2.56. The van der Waals surface area contributed by atoms with Crippen LogP contribution in [0.2, 0.25) is 10.0 Å². The van der Waals surface area contributed by atoms with E-state index in [4.69, 9.17) is 28.5 Å². The van der Waals surface area contributed by atoms with E-state index in [-0.39, 0.29) is 21.4 Å². The third-order valence-corrected chi connectivity index (χ3v) is 3.67. The van der Waals surface area contributed by atoms with Gasteiger partial charge in [0.2, 0.25) is 0 Å². The quantitative estimate of drug-likeness (QED) is 0.470. The van der Waals surface area contributed by atoms with Crippen molar-refractivity contribution in [2.75, 3.05) is 5.43 Å². The van der Waals surface area contributed by atoms with Gasteiger partial charge in [-0.3, -0.25) is 5.43 Å². The molecule has 0 saturated heterocycles. The Morgan fingerprint density at radius 3 is 2.16 bits per heavy atom.